The van der Waals surface area contributed by atoms with Gasteiger partial charge in [0.1, 0.15) is 5.65 Å². The molecule has 1 aliphatic rings. The Kier molecular flexibility index (Phi) is 4.93. The highest BCUT2D eigenvalue weighted by Gasteiger charge is 2.23. The monoisotopic (exact) mass is 387 g/mol. The number of aryl methyl sites for hydroxylation is 1. The zero-order chi connectivity index (χ0) is 19.0. The lowest BCUT2D eigenvalue weighted by molar-refractivity contribution is 0.0605. The van der Waals surface area contributed by atoms with Crippen molar-refractivity contribution in [3.63, 3.8) is 0 Å². The van der Waals surface area contributed by atoms with Gasteiger partial charge in [-0.15, -0.1) is 0 Å². The van der Waals surface area contributed by atoms with Crippen LogP contribution in [0.1, 0.15) is 25.5 Å². The Bertz CT molecular complexity index is 1030. The van der Waals surface area contributed by atoms with E-state index in [-0.39, 0.29) is 5.75 Å². The predicted octanol–water partition coefficient (Wildman–Crippen LogP) is 3.74. The van der Waals surface area contributed by atoms with Gasteiger partial charge in [0.25, 0.3) is 0 Å². The normalized spacial score (nSPS) is 15.5. The average molecular weight is 388 g/mol. The lowest BCUT2D eigenvalue weighted by Crippen LogP contribution is -2.21. The maximum absolute atomic E-state index is 12.9. The second kappa shape index (κ2) is 7.37. The summed E-state index contributed by atoms with van der Waals surface area (Å²) in [7, 11) is 0. The molecule has 1 aliphatic heterocycles. The minimum absolute atomic E-state index is 0.323. The summed E-state index contributed by atoms with van der Waals surface area (Å²) in [5, 5.41) is 16.2. The molecule has 1 saturated heterocycles. The first kappa shape index (κ1) is 18.1. The maximum Gasteiger partial charge on any atom is 0.235 e. The van der Waals surface area contributed by atoms with Gasteiger partial charge in [0.05, 0.1) is 21.8 Å². The number of ether oxygens (including phenoxy) is 1. The minimum atomic E-state index is -0.409. The number of H-pyrrole nitrogens is 1. The quantitative estimate of drug-likeness (QED) is 0.714. The van der Waals surface area contributed by atoms with Crippen LogP contribution in [0, 0.1) is 5.92 Å². The first-order valence-corrected chi connectivity index (χ1v) is 9.65. The highest BCUT2D eigenvalue weighted by Crippen LogP contribution is 2.33. The van der Waals surface area contributed by atoms with E-state index in [9.17, 15) is 9.90 Å². The zero-order valence-corrected chi connectivity index (χ0v) is 15.9. The van der Waals surface area contributed by atoms with Gasteiger partial charge in [-0.2, -0.15) is 5.10 Å². The Labute approximate surface area is 161 Å². The molecule has 2 aromatic heterocycles. The van der Waals surface area contributed by atoms with Crippen LogP contribution in [0.5, 0.6) is 5.75 Å². The van der Waals surface area contributed by atoms with E-state index >= 15 is 0 Å². The number of rotatable bonds is 4. The number of hydrogen-bond donors (Lipinski definition) is 2. The Hall–Kier alpha value is -2.31. The van der Waals surface area contributed by atoms with E-state index in [2.05, 4.69) is 10.1 Å². The van der Waals surface area contributed by atoms with Crippen molar-refractivity contribution in [1.82, 2.24) is 14.8 Å². The molecule has 142 valence electrons. The molecule has 0 amide bonds. The van der Waals surface area contributed by atoms with Gasteiger partial charge in [-0.05, 0) is 31.2 Å². The summed E-state index contributed by atoms with van der Waals surface area (Å²) < 4.78 is 7.31. The third-order valence-electron chi connectivity index (χ3n) is 5.20. The van der Waals surface area contributed by atoms with Crippen molar-refractivity contribution in [2.45, 2.75) is 32.7 Å². The number of nitrogens with zero attached hydrogens (tertiary/aromatic N) is 2. The second-order valence-electron chi connectivity index (χ2n) is 6.92. The highest BCUT2D eigenvalue weighted by atomic mass is 35.5. The van der Waals surface area contributed by atoms with E-state index in [4.69, 9.17) is 16.3 Å². The Morgan fingerprint density at radius 2 is 2.07 bits per heavy atom. The third-order valence-corrected chi connectivity index (χ3v) is 5.53. The number of aromatic hydroxyl groups is 1. The molecule has 3 aromatic rings. The summed E-state index contributed by atoms with van der Waals surface area (Å²) >= 11 is 6.29. The summed E-state index contributed by atoms with van der Waals surface area (Å²) in [6, 6.07) is 7.14. The van der Waals surface area contributed by atoms with E-state index in [1.54, 1.807) is 12.1 Å². The zero-order valence-electron chi connectivity index (χ0n) is 15.2. The number of benzene rings is 1. The van der Waals surface area contributed by atoms with Gasteiger partial charge in [-0.3, -0.25) is 4.79 Å². The molecule has 0 saturated carbocycles. The van der Waals surface area contributed by atoms with Gasteiger partial charge in [-0.1, -0.05) is 36.7 Å². The Morgan fingerprint density at radius 1 is 1.33 bits per heavy atom. The third kappa shape index (κ3) is 3.24. The van der Waals surface area contributed by atoms with E-state index in [1.165, 1.54) is 0 Å². The fourth-order valence-electron chi connectivity index (χ4n) is 3.70. The van der Waals surface area contributed by atoms with Crippen LogP contribution in [0.2, 0.25) is 5.02 Å². The van der Waals surface area contributed by atoms with Crippen LogP contribution >= 0.6 is 11.6 Å². The Balaban J connectivity index is 1.89. The molecule has 2 N–H and O–H groups in total. The number of halogens is 1. The molecule has 27 heavy (non-hydrogen) atoms. The SMILES string of the molecule is CCc1nn(CC2CCOCC2)c2[nH]c(-c3ccccc3Cl)c(O)c(=O)c12. The molecule has 0 radical (unpaired) electrons. The fraction of sp³-hybridized carbons (Fsp3) is 0.400. The van der Waals surface area contributed by atoms with Gasteiger partial charge in [0.2, 0.25) is 5.43 Å². The number of aromatic amines is 1. The molecular weight excluding hydrogens is 366 g/mol. The van der Waals surface area contributed by atoms with Crippen LogP contribution in [0.25, 0.3) is 22.3 Å². The minimum Gasteiger partial charge on any atom is -0.503 e. The number of aromatic nitrogens is 3. The number of hydrogen-bond acceptors (Lipinski definition) is 4. The summed E-state index contributed by atoms with van der Waals surface area (Å²) in [6.07, 6.45) is 2.57. The number of fused-ring (bicyclic) bond motifs is 1. The molecule has 0 bridgehead atoms. The molecule has 6 nitrogen and oxygen atoms in total. The largest absolute Gasteiger partial charge is 0.503 e. The molecule has 0 aliphatic carbocycles. The topological polar surface area (TPSA) is 80.1 Å². The summed E-state index contributed by atoms with van der Waals surface area (Å²) in [4.78, 5) is 16.2. The van der Waals surface area contributed by atoms with Gasteiger partial charge >= 0.3 is 0 Å². The standard InChI is InChI=1S/C20H22ClN3O3/c1-2-15-16-18(25)19(26)17(13-5-3-4-6-14(13)21)22-20(16)24(23-15)11-12-7-9-27-10-8-12/h3-6,12,26H,2,7-11H2,1H3,(H,22,25). The van der Waals surface area contributed by atoms with Crippen LogP contribution in [-0.2, 0) is 17.7 Å². The van der Waals surface area contributed by atoms with Gasteiger partial charge in [-0.25, -0.2) is 4.68 Å². The first-order valence-electron chi connectivity index (χ1n) is 9.27. The van der Waals surface area contributed by atoms with Crippen molar-refractivity contribution in [3.05, 3.63) is 45.2 Å². The summed E-state index contributed by atoms with van der Waals surface area (Å²) in [6.45, 7) is 4.18. The first-order chi connectivity index (χ1) is 13.1. The van der Waals surface area contributed by atoms with Gasteiger partial charge < -0.3 is 14.8 Å². The van der Waals surface area contributed by atoms with E-state index < -0.39 is 5.43 Å². The van der Waals surface area contributed by atoms with Crippen molar-refractivity contribution < 1.29 is 9.84 Å². The molecule has 3 heterocycles. The van der Waals surface area contributed by atoms with Gasteiger partial charge in [0, 0.05) is 25.3 Å². The lowest BCUT2D eigenvalue weighted by Gasteiger charge is -2.22. The van der Waals surface area contributed by atoms with Gasteiger partial charge in [0.15, 0.2) is 5.75 Å². The maximum atomic E-state index is 12.9. The second-order valence-corrected chi connectivity index (χ2v) is 7.33. The predicted molar refractivity (Wildman–Crippen MR) is 105 cm³/mol. The summed E-state index contributed by atoms with van der Waals surface area (Å²) in [5.41, 5.74) is 1.84. The molecule has 1 fully saturated rings. The van der Waals surface area contributed by atoms with Crippen LogP contribution in [0.4, 0.5) is 0 Å². The molecular formula is C20H22ClN3O3. The molecule has 7 heteroatoms. The van der Waals surface area contributed by atoms with Crippen molar-refractivity contribution in [2.75, 3.05) is 13.2 Å². The average Bonchev–Trinajstić information content (AvgIpc) is 3.03. The van der Waals surface area contributed by atoms with Crippen LogP contribution < -0.4 is 5.43 Å². The van der Waals surface area contributed by atoms with E-state index in [1.807, 2.05) is 23.7 Å². The highest BCUT2D eigenvalue weighted by molar-refractivity contribution is 6.33. The van der Waals surface area contributed by atoms with Crippen molar-refractivity contribution in [2.24, 2.45) is 5.92 Å². The Morgan fingerprint density at radius 3 is 2.78 bits per heavy atom. The fourth-order valence-corrected chi connectivity index (χ4v) is 3.93. The van der Waals surface area contributed by atoms with Crippen LogP contribution in [0.3, 0.4) is 0 Å². The molecule has 4 rings (SSSR count). The smallest absolute Gasteiger partial charge is 0.235 e. The molecule has 0 spiro atoms. The number of pyridine rings is 1. The van der Waals surface area contributed by atoms with Crippen molar-refractivity contribution in [3.8, 4) is 17.0 Å². The van der Waals surface area contributed by atoms with E-state index in [0.29, 0.717) is 51.9 Å². The van der Waals surface area contributed by atoms with E-state index in [0.717, 1.165) is 26.1 Å². The van der Waals surface area contributed by atoms with Crippen molar-refractivity contribution >= 4 is 22.6 Å². The molecule has 0 atom stereocenters. The van der Waals surface area contributed by atoms with Crippen molar-refractivity contribution in [1.29, 1.82) is 0 Å². The van der Waals surface area contributed by atoms with Crippen LogP contribution in [0.15, 0.2) is 29.1 Å². The molecule has 0 unspecified atom stereocenters. The summed E-state index contributed by atoms with van der Waals surface area (Å²) in [5.74, 6) is 0.128. The molecule has 1 aromatic carbocycles. The van der Waals surface area contributed by atoms with Crippen LogP contribution in [-0.4, -0.2) is 33.1 Å². The lowest BCUT2D eigenvalue weighted by atomic mass is 10.0. The number of nitrogens with one attached hydrogen (secondary N) is 1.